The molecule has 1 heterocycles. The molecule has 1 aromatic rings. The Kier molecular flexibility index (Phi) is 4.98. The lowest BCUT2D eigenvalue weighted by Gasteiger charge is -2.23. The second kappa shape index (κ2) is 6.27. The van der Waals surface area contributed by atoms with Gasteiger partial charge in [-0.05, 0) is 26.0 Å². The van der Waals surface area contributed by atoms with Crippen LogP contribution in [-0.2, 0) is 11.3 Å². The summed E-state index contributed by atoms with van der Waals surface area (Å²) in [5.41, 5.74) is 0. The van der Waals surface area contributed by atoms with Crippen molar-refractivity contribution in [3.63, 3.8) is 0 Å². The van der Waals surface area contributed by atoms with E-state index in [-0.39, 0.29) is 6.04 Å². The Bertz CT molecular complexity index is 311. The number of nitrogens with zero attached hydrogens (tertiary/aromatic N) is 3. The topological polar surface area (TPSA) is 58.4 Å². The van der Waals surface area contributed by atoms with Gasteiger partial charge in [0, 0.05) is 25.5 Å². The Labute approximate surface area is 95.7 Å². The van der Waals surface area contributed by atoms with Gasteiger partial charge in [0.2, 0.25) is 0 Å². The molecular formula is C11H19N3O2. The molecule has 0 radical (unpaired) electrons. The van der Waals surface area contributed by atoms with Gasteiger partial charge in [-0.2, -0.15) is 5.10 Å². The van der Waals surface area contributed by atoms with Crippen molar-refractivity contribution < 1.29 is 9.90 Å². The van der Waals surface area contributed by atoms with Crippen LogP contribution in [-0.4, -0.2) is 45.4 Å². The first kappa shape index (κ1) is 12.7. The smallest absolute Gasteiger partial charge is 0.320 e. The average molecular weight is 225 g/mol. The summed E-state index contributed by atoms with van der Waals surface area (Å²) in [6.45, 7) is 3.49. The highest BCUT2D eigenvalue weighted by Gasteiger charge is 2.19. The maximum absolute atomic E-state index is 10.9. The Morgan fingerprint density at radius 2 is 2.38 bits per heavy atom. The van der Waals surface area contributed by atoms with Crippen LogP contribution in [0, 0.1) is 0 Å². The maximum Gasteiger partial charge on any atom is 0.320 e. The number of aryl methyl sites for hydroxylation is 1. The summed E-state index contributed by atoms with van der Waals surface area (Å²) in [7, 11) is 1.85. The van der Waals surface area contributed by atoms with Crippen molar-refractivity contribution in [1.82, 2.24) is 14.7 Å². The molecule has 1 aromatic heterocycles. The van der Waals surface area contributed by atoms with Crippen molar-refractivity contribution in [2.75, 3.05) is 13.6 Å². The molecule has 1 unspecified atom stereocenters. The van der Waals surface area contributed by atoms with E-state index < -0.39 is 5.97 Å². The summed E-state index contributed by atoms with van der Waals surface area (Å²) in [6.07, 6.45) is 5.19. The molecule has 0 fully saturated rings. The van der Waals surface area contributed by atoms with E-state index in [9.17, 15) is 4.79 Å². The molecule has 5 nitrogen and oxygen atoms in total. The monoisotopic (exact) mass is 225 g/mol. The summed E-state index contributed by atoms with van der Waals surface area (Å²) < 4.78 is 1.86. The molecule has 1 atom stereocenters. The molecule has 0 bridgehead atoms. The summed E-state index contributed by atoms with van der Waals surface area (Å²) >= 11 is 0. The van der Waals surface area contributed by atoms with Gasteiger partial charge in [-0.1, -0.05) is 6.92 Å². The maximum atomic E-state index is 10.9. The van der Waals surface area contributed by atoms with Crippen LogP contribution >= 0.6 is 0 Å². The largest absolute Gasteiger partial charge is 0.480 e. The fourth-order valence-corrected chi connectivity index (χ4v) is 1.75. The number of aliphatic carboxylic acids is 1. The van der Waals surface area contributed by atoms with Crippen LogP contribution in [0.2, 0.25) is 0 Å². The second-order valence-electron chi connectivity index (χ2n) is 3.87. The number of carboxylic acid groups (broad SMARTS) is 1. The molecule has 0 aromatic carbocycles. The van der Waals surface area contributed by atoms with Crippen LogP contribution < -0.4 is 0 Å². The fourth-order valence-electron chi connectivity index (χ4n) is 1.75. The van der Waals surface area contributed by atoms with Crippen molar-refractivity contribution in [3.8, 4) is 0 Å². The first-order valence-corrected chi connectivity index (χ1v) is 5.55. The lowest BCUT2D eigenvalue weighted by Crippen LogP contribution is -2.38. The van der Waals surface area contributed by atoms with Crippen molar-refractivity contribution in [2.24, 2.45) is 0 Å². The van der Waals surface area contributed by atoms with Crippen LogP contribution in [0.5, 0.6) is 0 Å². The molecule has 5 heteroatoms. The van der Waals surface area contributed by atoms with Crippen LogP contribution in [0.4, 0.5) is 0 Å². The number of hydrogen-bond donors (Lipinski definition) is 1. The quantitative estimate of drug-likeness (QED) is 0.754. The number of carboxylic acids is 1. The van der Waals surface area contributed by atoms with Crippen molar-refractivity contribution in [2.45, 2.75) is 32.4 Å². The molecule has 0 aliphatic carbocycles. The third-order valence-electron chi connectivity index (χ3n) is 2.66. The summed E-state index contributed by atoms with van der Waals surface area (Å²) in [5.74, 6) is -0.746. The van der Waals surface area contributed by atoms with Gasteiger partial charge in [0.05, 0.1) is 0 Å². The highest BCUT2D eigenvalue weighted by atomic mass is 16.4. The number of carbonyl (C=O) groups is 1. The SMILES string of the molecule is CCC(C(=O)O)N(C)CCCn1cccn1. The third-order valence-corrected chi connectivity index (χ3v) is 2.66. The Morgan fingerprint density at radius 1 is 1.62 bits per heavy atom. The zero-order valence-electron chi connectivity index (χ0n) is 9.83. The molecule has 16 heavy (non-hydrogen) atoms. The van der Waals surface area contributed by atoms with E-state index in [1.54, 1.807) is 6.20 Å². The van der Waals surface area contributed by atoms with Crippen molar-refractivity contribution in [1.29, 1.82) is 0 Å². The van der Waals surface area contributed by atoms with Crippen molar-refractivity contribution >= 4 is 5.97 Å². The van der Waals surface area contributed by atoms with Crippen LogP contribution in [0.3, 0.4) is 0 Å². The molecule has 90 valence electrons. The molecule has 0 saturated carbocycles. The van der Waals surface area contributed by atoms with Crippen LogP contribution in [0.1, 0.15) is 19.8 Å². The molecular weight excluding hydrogens is 206 g/mol. The van der Waals surface area contributed by atoms with Gasteiger partial charge in [0.15, 0.2) is 0 Å². The van der Waals surface area contributed by atoms with Crippen molar-refractivity contribution in [3.05, 3.63) is 18.5 Å². The van der Waals surface area contributed by atoms with E-state index >= 15 is 0 Å². The minimum Gasteiger partial charge on any atom is -0.480 e. The Morgan fingerprint density at radius 3 is 2.88 bits per heavy atom. The summed E-state index contributed by atoms with van der Waals surface area (Å²) in [4.78, 5) is 12.8. The van der Waals surface area contributed by atoms with Gasteiger partial charge in [-0.3, -0.25) is 14.4 Å². The first-order chi connectivity index (χ1) is 7.65. The number of rotatable bonds is 7. The Hall–Kier alpha value is -1.36. The lowest BCUT2D eigenvalue weighted by molar-refractivity contribution is -0.142. The van der Waals surface area contributed by atoms with Crippen LogP contribution in [0.25, 0.3) is 0 Å². The highest BCUT2D eigenvalue weighted by molar-refractivity contribution is 5.73. The molecule has 0 spiro atoms. The second-order valence-corrected chi connectivity index (χ2v) is 3.87. The Balaban J connectivity index is 2.28. The van der Waals surface area contributed by atoms with E-state index in [1.165, 1.54) is 0 Å². The zero-order chi connectivity index (χ0) is 12.0. The number of aromatic nitrogens is 2. The predicted molar refractivity (Wildman–Crippen MR) is 61.2 cm³/mol. The normalized spacial score (nSPS) is 12.9. The lowest BCUT2D eigenvalue weighted by atomic mass is 10.2. The number of likely N-dealkylation sites (N-methyl/N-ethyl adjacent to an activating group) is 1. The molecule has 0 aliphatic rings. The van der Waals surface area contributed by atoms with Gasteiger partial charge in [0.25, 0.3) is 0 Å². The van der Waals surface area contributed by atoms with E-state index in [4.69, 9.17) is 5.11 Å². The van der Waals surface area contributed by atoms with Gasteiger partial charge in [0.1, 0.15) is 6.04 Å². The summed E-state index contributed by atoms with van der Waals surface area (Å²) in [6, 6.07) is 1.51. The molecule has 0 saturated heterocycles. The average Bonchev–Trinajstić information content (AvgIpc) is 2.71. The van der Waals surface area contributed by atoms with E-state index in [0.29, 0.717) is 6.42 Å². The van der Waals surface area contributed by atoms with E-state index in [0.717, 1.165) is 19.5 Å². The standard InChI is InChI=1S/C11H19N3O2/c1-3-10(11(15)16)13(2)7-5-9-14-8-4-6-12-14/h4,6,8,10H,3,5,7,9H2,1-2H3,(H,15,16). The van der Waals surface area contributed by atoms with Crippen LogP contribution in [0.15, 0.2) is 18.5 Å². The third kappa shape index (κ3) is 3.66. The molecule has 1 N–H and O–H groups in total. The number of hydrogen-bond acceptors (Lipinski definition) is 3. The summed E-state index contributed by atoms with van der Waals surface area (Å²) in [5, 5.41) is 13.1. The van der Waals surface area contributed by atoms with Gasteiger partial charge in [-0.25, -0.2) is 0 Å². The van der Waals surface area contributed by atoms with Gasteiger partial charge >= 0.3 is 5.97 Å². The fraction of sp³-hybridized carbons (Fsp3) is 0.636. The molecule has 0 amide bonds. The van der Waals surface area contributed by atoms with E-state index in [1.807, 2.05) is 35.8 Å². The van der Waals surface area contributed by atoms with Gasteiger partial charge < -0.3 is 5.11 Å². The minimum absolute atomic E-state index is 0.377. The molecule has 1 rings (SSSR count). The highest BCUT2D eigenvalue weighted by Crippen LogP contribution is 2.03. The molecule has 0 aliphatic heterocycles. The van der Waals surface area contributed by atoms with Gasteiger partial charge in [-0.15, -0.1) is 0 Å². The minimum atomic E-state index is -0.746. The van der Waals surface area contributed by atoms with E-state index in [2.05, 4.69) is 5.10 Å². The first-order valence-electron chi connectivity index (χ1n) is 5.55. The zero-order valence-corrected chi connectivity index (χ0v) is 9.83. The predicted octanol–water partition coefficient (Wildman–Crippen LogP) is 1.07.